The second-order valence-corrected chi connectivity index (χ2v) is 3.18. The van der Waals surface area contributed by atoms with Gasteiger partial charge < -0.3 is 6.53 Å². The standard InChI is InChI=1S/C8H15ClO2.Na.H/c1-2-3-4-5-6-7(9)8(10)11;;/h7H,2-6H2,1H3,(H,10,11);;/q;+1;-1. The Bertz CT molecular complexity index is 125. The molecule has 4 heteroatoms. The molecule has 1 unspecified atom stereocenters. The van der Waals surface area contributed by atoms with E-state index in [2.05, 4.69) is 6.92 Å². The van der Waals surface area contributed by atoms with Crippen LogP contribution in [0.25, 0.3) is 0 Å². The molecule has 0 aliphatic carbocycles. The summed E-state index contributed by atoms with van der Waals surface area (Å²) in [5, 5.41) is 7.72. The first kappa shape index (κ1) is 15.2. The summed E-state index contributed by atoms with van der Waals surface area (Å²) >= 11 is 5.50. The zero-order valence-electron chi connectivity index (χ0n) is 8.85. The Morgan fingerprint density at radius 3 is 2.50 bits per heavy atom. The van der Waals surface area contributed by atoms with E-state index in [1.165, 1.54) is 12.8 Å². The van der Waals surface area contributed by atoms with Crippen LogP contribution in [0.1, 0.15) is 40.5 Å². The van der Waals surface area contributed by atoms with E-state index in [1.807, 2.05) is 0 Å². The average Bonchev–Trinajstić information content (AvgIpc) is 1.97. The Labute approximate surface area is 102 Å². The molecule has 0 amide bonds. The number of aliphatic carboxylic acids is 1. The van der Waals surface area contributed by atoms with Crippen LogP contribution in [0.3, 0.4) is 0 Å². The van der Waals surface area contributed by atoms with Gasteiger partial charge in [-0.1, -0.05) is 32.6 Å². The minimum absolute atomic E-state index is 0. The van der Waals surface area contributed by atoms with Crippen molar-refractivity contribution in [3.8, 4) is 0 Å². The third kappa shape index (κ3) is 8.85. The smallest absolute Gasteiger partial charge is 1.00 e. The summed E-state index contributed by atoms with van der Waals surface area (Å²) in [5.41, 5.74) is 0. The monoisotopic (exact) mass is 202 g/mol. The molecule has 2 nitrogen and oxygen atoms in total. The molecule has 0 fully saturated rings. The van der Waals surface area contributed by atoms with E-state index < -0.39 is 11.3 Å². The van der Waals surface area contributed by atoms with Crippen molar-refractivity contribution in [3.63, 3.8) is 0 Å². The summed E-state index contributed by atoms with van der Waals surface area (Å²) in [7, 11) is 0. The van der Waals surface area contributed by atoms with Crippen LogP contribution >= 0.6 is 11.6 Å². The molecule has 68 valence electrons. The molecular formula is C8H16ClNaO2. The Kier molecular flexibility index (Phi) is 12.5. The fraction of sp³-hybridized carbons (Fsp3) is 0.875. The number of halogens is 1. The molecule has 0 aromatic carbocycles. The molecule has 0 saturated carbocycles. The predicted molar refractivity (Wildman–Crippen MR) is 47.1 cm³/mol. The van der Waals surface area contributed by atoms with Crippen LogP contribution in [-0.4, -0.2) is 16.5 Å². The van der Waals surface area contributed by atoms with E-state index in [0.29, 0.717) is 6.42 Å². The van der Waals surface area contributed by atoms with Crippen LogP contribution in [0.15, 0.2) is 0 Å². The first-order valence-corrected chi connectivity index (χ1v) is 4.49. The Morgan fingerprint density at radius 1 is 1.50 bits per heavy atom. The van der Waals surface area contributed by atoms with Crippen LogP contribution in [0, 0.1) is 0 Å². The van der Waals surface area contributed by atoms with Gasteiger partial charge in [-0.25, -0.2) is 0 Å². The molecule has 0 saturated heterocycles. The van der Waals surface area contributed by atoms with Crippen molar-refractivity contribution < 1.29 is 40.9 Å². The normalized spacial score (nSPS) is 11.8. The molecular weight excluding hydrogens is 187 g/mol. The van der Waals surface area contributed by atoms with Gasteiger partial charge in [0.2, 0.25) is 0 Å². The van der Waals surface area contributed by atoms with Gasteiger partial charge in [0.05, 0.1) is 0 Å². The number of hydrogen-bond acceptors (Lipinski definition) is 1. The first-order valence-electron chi connectivity index (χ1n) is 4.05. The van der Waals surface area contributed by atoms with Gasteiger partial charge in [-0.15, -0.1) is 11.6 Å². The third-order valence-corrected chi connectivity index (χ3v) is 1.98. The third-order valence-electron chi connectivity index (χ3n) is 1.58. The molecule has 0 radical (unpaired) electrons. The number of alkyl halides is 1. The Hall–Kier alpha value is 0.760. The summed E-state index contributed by atoms with van der Waals surface area (Å²) in [6.07, 6.45) is 4.95. The van der Waals surface area contributed by atoms with Gasteiger partial charge in [-0.05, 0) is 6.42 Å². The predicted octanol–water partition coefficient (Wildman–Crippen LogP) is -0.235. The van der Waals surface area contributed by atoms with E-state index in [0.717, 1.165) is 12.8 Å². The van der Waals surface area contributed by atoms with Gasteiger partial charge in [0.1, 0.15) is 5.38 Å². The van der Waals surface area contributed by atoms with Gasteiger partial charge in [0, 0.05) is 0 Å². The van der Waals surface area contributed by atoms with Crippen LogP contribution in [-0.2, 0) is 4.79 Å². The van der Waals surface area contributed by atoms with E-state index in [9.17, 15) is 4.79 Å². The van der Waals surface area contributed by atoms with Gasteiger partial charge in [-0.2, -0.15) is 0 Å². The van der Waals surface area contributed by atoms with Crippen molar-refractivity contribution in [2.75, 3.05) is 0 Å². The number of hydrogen-bond donors (Lipinski definition) is 1. The van der Waals surface area contributed by atoms with Crippen LogP contribution in [0.5, 0.6) is 0 Å². The first-order chi connectivity index (χ1) is 5.18. The topological polar surface area (TPSA) is 37.3 Å². The minimum atomic E-state index is -0.900. The van der Waals surface area contributed by atoms with Crippen molar-refractivity contribution >= 4 is 17.6 Å². The number of unbranched alkanes of at least 4 members (excludes halogenated alkanes) is 3. The molecule has 12 heavy (non-hydrogen) atoms. The Morgan fingerprint density at radius 2 is 2.08 bits per heavy atom. The van der Waals surface area contributed by atoms with E-state index in [1.54, 1.807) is 0 Å². The summed E-state index contributed by atoms with van der Waals surface area (Å²) < 4.78 is 0. The second-order valence-electron chi connectivity index (χ2n) is 2.66. The van der Waals surface area contributed by atoms with Gasteiger partial charge in [0.25, 0.3) is 0 Å². The second kappa shape index (κ2) is 9.85. The van der Waals surface area contributed by atoms with Gasteiger partial charge >= 0.3 is 35.5 Å². The quantitative estimate of drug-likeness (QED) is 0.367. The number of carboxylic acids is 1. The van der Waals surface area contributed by atoms with Gasteiger partial charge in [0.15, 0.2) is 0 Å². The maximum atomic E-state index is 10.2. The largest absolute Gasteiger partial charge is 1.00 e. The van der Waals surface area contributed by atoms with E-state index in [4.69, 9.17) is 16.7 Å². The van der Waals surface area contributed by atoms with Crippen molar-refractivity contribution in [2.24, 2.45) is 0 Å². The maximum absolute atomic E-state index is 10.2. The molecule has 0 heterocycles. The molecule has 0 aromatic rings. The van der Waals surface area contributed by atoms with E-state index in [-0.39, 0.29) is 31.0 Å². The van der Waals surface area contributed by atoms with Crippen molar-refractivity contribution in [2.45, 2.75) is 44.4 Å². The minimum Gasteiger partial charge on any atom is -1.00 e. The summed E-state index contributed by atoms with van der Waals surface area (Å²) in [6, 6.07) is 0. The molecule has 0 spiro atoms. The maximum Gasteiger partial charge on any atom is 1.00 e. The Balaban J connectivity index is -0.000000500. The van der Waals surface area contributed by atoms with Crippen molar-refractivity contribution in [3.05, 3.63) is 0 Å². The fourth-order valence-electron chi connectivity index (χ4n) is 0.874. The molecule has 0 bridgehead atoms. The number of carbonyl (C=O) groups is 1. The molecule has 0 aliphatic rings. The average molecular weight is 203 g/mol. The number of carboxylic acid groups (broad SMARTS) is 1. The molecule has 0 rings (SSSR count). The summed E-state index contributed by atoms with van der Waals surface area (Å²) in [5.74, 6) is -0.900. The van der Waals surface area contributed by atoms with Crippen LogP contribution in [0.4, 0.5) is 0 Å². The molecule has 0 aromatic heterocycles. The zero-order valence-corrected chi connectivity index (χ0v) is 10.6. The molecule has 0 aliphatic heterocycles. The zero-order chi connectivity index (χ0) is 8.69. The SMILES string of the molecule is CCCCCCC(Cl)C(=O)O.[H-].[Na+]. The fourth-order valence-corrected chi connectivity index (χ4v) is 1.03. The van der Waals surface area contributed by atoms with Crippen molar-refractivity contribution in [1.29, 1.82) is 0 Å². The summed E-state index contributed by atoms with van der Waals surface area (Å²) in [6.45, 7) is 2.12. The van der Waals surface area contributed by atoms with Crippen LogP contribution in [0.2, 0.25) is 0 Å². The van der Waals surface area contributed by atoms with Crippen molar-refractivity contribution in [1.82, 2.24) is 0 Å². The molecule has 1 atom stereocenters. The van der Waals surface area contributed by atoms with E-state index >= 15 is 0 Å². The summed E-state index contributed by atoms with van der Waals surface area (Å²) in [4.78, 5) is 10.2. The molecule has 1 N–H and O–H groups in total. The number of rotatable bonds is 6. The van der Waals surface area contributed by atoms with Gasteiger partial charge in [-0.3, -0.25) is 4.79 Å². The van der Waals surface area contributed by atoms with Crippen LogP contribution < -0.4 is 29.6 Å².